The minimum Gasteiger partial charge on any atom is -0.481 e. The maximum atomic E-state index is 13.2. The number of aliphatic carboxylic acids is 2. The monoisotopic (exact) mass is 752 g/mol. The number of benzene rings is 2. The second-order valence-electron chi connectivity index (χ2n) is 7.60. The highest BCUT2D eigenvalue weighted by Crippen LogP contribution is 2.17. The Hall–Kier alpha value is -1.95. The van der Waals surface area contributed by atoms with Crippen LogP contribution in [0.25, 0.3) is 0 Å². The summed E-state index contributed by atoms with van der Waals surface area (Å²) in [7, 11) is 0. The number of carboxylic acid groups (broad SMARTS) is 2. The van der Waals surface area contributed by atoms with Gasteiger partial charge < -0.3 is 10.2 Å². The number of terminal acetylenes is 1. The first-order valence-corrected chi connectivity index (χ1v) is 14.1. The lowest BCUT2D eigenvalue weighted by atomic mass is 10.1. The Kier molecular flexibility index (Phi) is 20.9. The van der Waals surface area contributed by atoms with Crippen molar-refractivity contribution in [2.45, 2.75) is 64.2 Å². The van der Waals surface area contributed by atoms with Crippen molar-refractivity contribution in [1.82, 2.24) is 0 Å². The fraction of sp³-hybridized carbons (Fsp3) is 0.357. The van der Waals surface area contributed by atoms with Gasteiger partial charge in [0, 0.05) is 34.8 Å². The van der Waals surface area contributed by atoms with Crippen molar-refractivity contribution in [1.29, 1.82) is 0 Å². The maximum absolute atomic E-state index is 13.2. The van der Waals surface area contributed by atoms with Gasteiger partial charge in [-0.2, -0.15) is 0 Å². The molecule has 0 aromatic heterocycles. The standard InChI is InChI=1S/C14H14BrFO2.C8H12O2.C6H3BrFI/c15-12-9-8-11(10-13(12)16)6-4-2-1-3-5-7-14(17)18;1-2-3-4-5-6-7-8(9)10;7-5-2-1-4(9)3-6(5)8/h8-10H,1-3,5,7H2,(H,17,18);1H,3-7H2,(H,9,10);1-3H. The fourth-order valence-electron chi connectivity index (χ4n) is 2.56. The van der Waals surface area contributed by atoms with Crippen LogP contribution in [0.1, 0.15) is 69.8 Å². The van der Waals surface area contributed by atoms with E-state index in [1.54, 1.807) is 18.2 Å². The van der Waals surface area contributed by atoms with Crippen molar-refractivity contribution >= 4 is 66.4 Å². The van der Waals surface area contributed by atoms with E-state index in [0.717, 1.165) is 42.1 Å². The van der Waals surface area contributed by atoms with Gasteiger partial charge in [0.25, 0.3) is 0 Å². The molecule has 0 saturated carbocycles. The molecule has 0 atom stereocenters. The molecule has 0 aliphatic rings. The molecule has 2 aromatic rings. The molecule has 37 heavy (non-hydrogen) atoms. The van der Waals surface area contributed by atoms with Crippen molar-refractivity contribution in [2.24, 2.45) is 0 Å². The average molecular weight is 754 g/mol. The predicted octanol–water partition coefficient (Wildman–Crippen LogP) is 8.82. The lowest BCUT2D eigenvalue weighted by Crippen LogP contribution is -1.93. The highest BCUT2D eigenvalue weighted by atomic mass is 127. The van der Waals surface area contributed by atoms with Gasteiger partial charge in [-0.25, -0.2) is 8.78 Å². The summed E-state index contributed by atoms with van der Waals surface area (Å²) in [6, 6.07) is 9.79. The third-order valence-corrected chi connectivity index (χ3v) is 6.40. The van der Waals surface area contributed by atoms with Crippen molar-refractivity contribution in [3.05, 3.63) is 66.1 Å². The normalized spacial score (nSPS) is 9.41. The molecule has 0 radical (unpaired) electrons. The Bertz CT molecular complexity index is 1090. The number of carbonyl (C=O) groups is 2. The smallest absolute Gasteiger partial charge is 0.303 e. The number of carboxylic acids is 2. The van der Waals surface area contributed by atoms with Gasteiger partial charge in [-0.05, 0) is 117 Å². The summed E-state index contributed by atoms with van der Waals surface area (Å²) in [6.45, 7) is 0. The van der Waals surface area contributed by atoms with Crippen LogP contribution in [0.2, 0.25) is 0 Å². The maximum Gasteiger partial charge on any atom is 0.303 e. The van der Waals surface area contributed by atoms with E-state index in [-0.39, 0.29) is 24.5 Å². The van der Waals surface area contributed by atoms with Crippen molar-refractivity contribution in [3.8, 4) is 24.2 Å². The van der Waals surface area contributed by atoms with Gasteiger partial charge in [-0.3, -0.25) is 9.59 Å². The molecule has 0 heterocycles. The Morgan fingerprint density at radius 2 is 1.32 bits per heavy atom. The molecular weight excluding hydrogens is 725 g/mol. The van der Waals surface area contributed by atoms with Gasteiger partial charge >= 0.3 is 11.9 Å². The molecule has 4 nitrogen and oxygen atoms in total. The third kappa shape index (κ3) is 20.8. The summed E-state index contributed by atoms with van der Waals surface area (Å²) in [5.74, 6) is 6.35. The van der Waals surface area contributed by atoms with E-state index in [1.807, 2.05) is 6.07 Å². The Balaban J connectivity index is 0.000000577. The number of halogens is 5. The molecule has 0 aliphatic heterocycles. The van der Waals surface area contributed by atoms with E-state index in [2.05, 4.69) is 72.2 Å². The van der Waals surface area contributed by atoms with E-state index >= 15 is 0 Å². The summed E-state index contributed by atoms with van der Waals surface area (Å²) >= 11 is 8.19. The van der Waals surface area contributed by atoms with E-state index < -0.39 is 11.9 Å². The first kappa shape index (κ1) is 35.0. The molecule has 200 valence electrons. The Morgan fingerprint density at radius 3 is 1.78 bits per heavy atom. The second-order valence-corrected chi connectivity index (χ2v) is 10.6. The summed E-state index contributed by atoms with van der Waals surface area (Å²) in [6.07, 6.45) is 12.0. The summed E-state index contributed by atoms with van der Waals surface area (Å²) in [5.41, 5.74) is 0.654. The van der Waals surface area contributed by atoms with Gasteiger partial charge in [0.2, 0.25) is 0 Å². The lowest BCUT2D eigenvalue weighted by Gasteiger charge is -1.95. The number of rotatable bonds is 10. The minimum absolute atomic E-state index is 0.207. The minimum atomic E-state index is -0.758. The van der Waals surface area contributed by atoms with Gasteiger partial charge in [-0.1, -0.05) is 24.7 Å². The zero-order valence-electron chi connectivity index (χ0n) is 20.2. The molecule has 0 fully saturated rings. The molecule has 0 amide bonds. The van der Waals surface area contributed by atoms with Crippen molar-refractivity contribution in [3.63, 3.8) is 0 Å². The van der Waals surface area contributed by atoms with Crippen LogP contribution in [0.15, 0.2) is 45.3 Å². The first-order chi connectivity index (χ1) is 17.6. The molecule has 0 saturated heterocycles. The molecule has 0 bridgehead atoms. The van der Waals surface area contributed by atoms with E-state index in [0.29, 0.717) is 27.4 Å². The molecule has 0 unspecified atom stereocenters. The van der Waals surface area contributed by atoms with Crippen LogP contribution in [-0.2, 0) is 9.59 Å². The van der Waals surface area contributed by atoms with Crippen LogP contribution in [0.5, 0.6) is 0 Å². The number of unbranched alkanes of at least 4 members (excludes halogenated alkanes) is 6. The van der Waals surface area contributed by atoms with Crippen molar-refractivity contribution in [2.75, 3.05) is 0 Å². The molecule has 0 aliphatic carbocycles. The third-order valence-electron chi connectivity index (χ3n) is 4.44. The first-order valence-electron chi connectivity index (χ1n) is 11.5. The lowest BCUT2D eigenvalue weighted by molar-refractivity contribution is -0.138. The summed E-state index contributed by atoms with van der Waals surface area (Å²) < 4.78 is 27.5. The van der Waals surface area contributed by atoms with Crippen LogP contribution in [-0.4, -0.2) is 22.2 Å². The molecule has 2 N–H and O–H groups in total. The van der Waals surface area contributed by atoms with Crippen LogP contribution in [0.4, 0.5) is 8.78 Å². The van der Waals surface area contributed by atoms with Crippen LogP contribution >= 0.6 is 54.5 Å². The van der Waals surface area contributed by atoms with Crippen LogP contribution in [0, 0.1) is 39.4 Å². The van der Waals surface area contributed by atoms with E-state index in [9.17, 15) is 18.4 Å². The molecule has 0 spiro atoms. The topological polar surface area (TPSA) is 74.6 Å². The highest BCUT2D eigenvalue weighted by Gasteiger charge is 1.99. The van der Waals surface area contributed by atoms with E-state index in [1.165, 1.54) is 12.1 Å². The zero-order chi connectivity index (χ0) is 28.1. The van der Waals surface area contributed by atoms with Crippen molar-refractivity contribution < 1.29 is 28.6 Å². The average Bonchev–Trinajstić information content (AvgIpc) is 2.83. The molecular formula is C28H29Br2F2IO4. The predicted molar refractivity (Wildman–Crippen MR) is 158 cm³/mol. The SMILES string of the molecule is C#CCCCCCC(=O)O.Fc1cc(I)ccc1Br.O=C(O)CCCCCC#Cc1ccc(Br)c(F)c1. The van der Waals surface area contributed by atoms with Gasteiger partial charge in [-0.15, -0.1) is 12.3 Å². The largest absolute Gasteiger partial charge is 0.481 e. The van der Waals surface area contributed by atoms with Gasteiger partial charge in [0.05, 0.1) is 8.95 Å². The van der Waals surface area contributed by atoms with Crippen LogP contribution < -0.4 is 0 Å². The Labute approximate surface area is 248 Å². The van der Waals surface area contributed by atoms with Gasteiger partial charge in [0.1, 0.15) is 11.6 Å². The molecule has 2 aromatic carbocycles. The number of hydrogen-bond acceptors (Lipinski definition) is 2. The zero-order valence-corrected chi connectivity index (χ0v) is 25.5. The second kappa shape index (κ2) is 22.1. The molecule has 2 rings (SSSR count). The highest BCUT2D eigenvalue weighted by molar-refractivity contribution is 14.1. The fourth-order valence-corrected chi connectivity index (χ4v) is 3.50. The van der Waals surface area contributed by atoms with Gasteiger partial charge in [0.15, 0.2) is 0 Å². The van der Waals surface area contributed by atoms with E-state index in [4.69, 9.17) is 16.6 Å². The number of hydrogen-bond donors (Lipinski definition) is 2. The van der Waals surface area contributed by atoms with Crippen LogP contribution in [0.3, 0.4) is 0 Å². The summed E-state index contributed by atoms with van der Waals surface area (Å²) in [5, 5.41) is 16.7. The Morgan fingerprint density at radius 1 is 0.811 bits per heavy atom. The summed E-state index contributed by atoms with van der Waals surface area (Å²) in [4.78, 5) is 20.3. The quantitative estimate of drug-likeness (QED) is 0.110. The molecule has 9 heteroatoms.